The Balaban J connectivity index is 1.24. The maximum atomic E-state index is 12.3. The van der Waals surface area contributed by atoms with Crippen LogP contribution in [0.25, 0.3) is 10.9 Å². The fourth-order valence-corrected chi connectivity index (χ4v) is 3.98. The van der Waals surface area contributed by atoms with Crippen LogP contribution in [0.5, 0.6) is 0 Å². The van der Waals surface area contributed by atoms with Crippen molar-refractivity contribution < 1.29 is 9.59 Å². The van der Waals surface area contributed by atoms with Gasteiger partial charge < -0.3 is 16.0 Å². The summed E-state index contributed by atoms with van der Waals surface area (Å²) in [6.07, 6.45) is 4.73. The number of carbonyl (C=O) groups excluding carboxylic acids is 2. The number of rotatable bonds is 5. The fraction of sp³-hybridized carbons (Fsp3) is 0.500. The van der Waals surface area contributed by atoms with Crippen molar-refractivity contribution in [3.8, 4) is 0 Å². The molecule has 0 saturated carbocycles. The van der Waals surface area contributed by atoms with Gasteiger partial charge >= 0.3 is 0 Å². The second-order valence-corrected chi connectivity index (χ2v) is 7.00. The number of para-hydroxylation sites is 1. The minimum absolute atomic E-state index is 0.00140. The number of fused-ring (bicyclic) bond motifs is 3. The van der Waals surface area contributed by atoms with E-state index in [0.29, 0.717) is 24.3 Å². The predicted molar refractivity (Wildman–Crippen MR) is 94.2 cm³/mol. The molecule has 2 amide bonds. The van der Waals surface area contributed by atoms with Gasteiger partial charge in [0.1, 0.15) is 0 Å². The number of H-pyrrole nitrogens is 1. The van der Waals surface area contributed by atoms with Gasteiger partial charge in [0.05, 0.1) is 5.52 Å². The summed E-state index contributed by atoms with van der Waals surface area (Å²) in [7, 11) is 0. The summed E-state index contributed by atoms with van der Waals surface area (Å²) in [4.78, 5) is 24.4. The Bertz CT molecular complexity index is 775. The zero-order chi connectivity index (χ0) is 17.2. The maximum absolute atomic E-state index is 12.3. The number of piperidine rings is 1. The first-order valence-corrected chi connectivity index (χ1v) is 8.96. The third kappa shape index (κ3) is 3.51. The van der Waals surface area contributed by atoms with E-state index in [1.165, 1.54) is 12.8 Å². The quantitative estimate of drug-likeness (QED) is 0.654. The number of nitrogens with one attached hydrogen (secondary N) is 4. The highest BCUT2D eigenvalue weighted by atomic mass is 16.2. The highest BCUT2D eigenvalue weighted by molar-refractivity contribution is 6.04. The molecule has 0 spiro atoms. The van der Waals surface area contributed by atoms with E-state index in [4.69, 9.17) is 0 Å². The molecule has 1 aromatic heterocycles. The van der Waals surface area contributed by atoms with E-state index in [-0.39, 0.29) is 24.3 Å². The van der Waals surface area contributed by atoms with Gasteiger partial charge in [-0.05, 0) is 31.7 Å². The maximum Gasteiger partial charge on any atom is 0.272 e. The van der Waals surface area contributed by atoms with Gasteiger partial charge in [0.2, 0.25) is 5.91 Å². The topological polar surface area (TPSA) is 98.9 Å². The molecule has 2 bridgehead atoms. The molecule has 2 aromatic rings. The molecule has 2 saturated heterocycles. The summed E-state index contributed by atoms with van der Waals surface area (Å²) in [5, 5.41) is 17.1. The van der Waals surface area contributed by atoms with E-state index >= 15 is 0 Å². The van der Waals surface area contributed by atoms with Crippen molar-refractivity contribution in [3.63, 3.8) is 0 Å². The van der Waals surface area contributed by atoms with Crippen LogP contribution < -0.4 is 16.0 Å². The highest BCUT2D eigenvalue weighted by Gasteiger charge is 2.33. The highest BCUT2D eigenvalue weighted by Crippen LogP contribution is 2.26. The summed E-state index contributed by atoms with van der Waals surface area (Å²) < 4.78 is 0. The fourth-order valence-electron chi connectivity index (χ4n) is 3.98. The Hall–Kier alpha value is -2.41. The number of hydrogen-bond acceptors (Lipinski definition) is 4. The number of nitrogens with zero attached hydrogens (tertiary/aromatic N) is 1. The number of hydrogen-bond donors (Lipinski definition) is 4. The Kier molecular flexibility index (Phi) is 4.40. The lowest BCUT2D eigenvalue weighted by atomic mass is 10.00. The van der Waals surface area contributed by atoms with E-state index < -0.39 is 0 Å². The normalized spacial score (nSPS) is 25.0. The zero-order valence-electron chi connectivity index (χ0n) is 14.0. The average Bonchev–Trinajstić information content (AvgIpc) is 3.18. The minimum Gasteiger partial charge on any atom is -0.353 e. The van der Waals surface area contributed by atoms with Crippen molar-refractivity contribution in [2.24, 2.45) is 0 Å². The van der Waals surface area contributed by atoms with Crippen LogP contribution >= 0.6 is 0 Å². The third-order valence-electron chi connectivity index (χ3n) is 5.16. The van der Waals surface area contributed by atoms with E-state index in [1.807, 2.05) is 24.3 Å². The van der Waals surface area contributed by atoms with Crippen LogP contribution in [-0.4, -0.2) is 46.7 Å². The summed E-state index contributed by atoms with van der Waals surface area (Å²) in [6, 6.07) is 8.85. The van der Waals surface area contributed by atoms with E-state index in [9.17, 15) is 9.59 Å². The van der Waals surface area contributed by atoms with Crippen molar-refractivity contribution in [2.45, 2.75) is 50.2 Å². The molecule has 7 nitrogen and oxygen atoms in total. The molecule has 2 aliphatic rings. The van der Waals surface area contributed by atoms with E-state index in [2.05, 4.69) is 26.1 Å². The van der Waals surface area contributed by atoms with Gasteiger partial charge in [-0.2, -0.15) is 5.10 Å². The Labute approximate surface area is 145 Å². The van der Waals surface area contributed by atoms with Crippen LogP contribution in [0.2, 0.25) is 0 Å². The molecule has 4 rings (SSSR count). The van der Waals surface area contributed by atoms with E-state index in [1.54, 1.807) is 0 Å². The Morgan fingerprint density at radius 2 is 1.92 bits per heavy atom. The average molecular weight is 341 g/mol. The molecule has 1 aromatic carbocycles. The summed E-state index contributed by atoms with van der Waals surface area (Å²) in [5.74, 6) is -0.261. The molecule has 7 heteroatoms. The van der Waals surface area contributed by atoms with Crippen molar-refractivity contribution in [2.75, 3.05) is 6.54 Å². The standard InChI is InChI=1S/C18H23N5O2/c24-16(21-13-9-11-5-6-12(10-13)20-11)7-8-19-18(25)17-14-3-1-2-4-15(14)22-23-17/h1-4,11-13,20H,5-10H2,(H,19,25)(H,21,24)(H,22,23). The molecule has 2 atom stereocenters. The molecule has 0 aliphatic carbocycles. The Morgan fingerprint density at radius 1 is 1.16 bits per heavy atom. The lowest BCUT2D eigenvalue weighted by Gasteiger charge is -2.29. The van der Waals surface area contributed by atoms with Crippen molar-refractivity contribution in [3.05, 3.63) is 30.0 Å². The largest absolute Gasteiger partial charge is 0.353 e. The first-order chi connectivity index (χ1) is 12.2. The molecule has 3 heterocycles. The Morgan fingerprint density at radius 3 is 2.72 bits per heavy atom. The van der Waals surface area contributed by atoms with Crippen molar-refractivity contribution in [1.82, 2.24) is 26.1 Å². The molecule has 2 fully saturated rings. The summed E-state index contributed by atoms with van der Waals surface area (Å²) in [5.41, 5.74) is 1.19. The second kappa shape index (κ2) is 6.84. The predicted octanol–water partition coefficient (Wildman–Crippen LogP) is 1.08. The van der Waals surface area contributed by atoms with Gasteiger partial charge in [-0.1, -0.05) is 18.2 Å². The van der Waals surface area contributed by atoms with Gasteiger partial charge in [-0.3, -0.25) is 14.7 Å². The van der Waals surface area contributed by atoms with Crippen LogP contribution in [0.4, 0.5) is 0 Å². The summed E-state index contributed by atoms with van der Waals surface area (Å²) in [6.45, 7) is 0.309. The first kappa shape index (κ1) is 16.1. The van der Waals surface area contributed by atoms with E-state index in [0.717, 1.165) is 23.7 Å². The molecule has 2 aliphatic heterocycles. The second-order valence-electron chi connectivity index (χ2n) is 7.00. The lowest BCUT2D eigenvalue weighted by molar-refractivity contribution is -0.121. The van der Waals surface area contributed by atoms with Crippen LogP contribution in [0, 0.1) is 0 Å². The zero-order valence-corrected chi connectivity index (χ0v) is 14.0. The van der Waals surface area contributed by atoms with Gasteiger partial charge in [0, 0.05) is 36.5 Å². The summed E-state index contributed by atoms with van der Waals surface area (Å²) >= 11 is 0. The number of aromatic amines is 1. The number of aromatic nitrogens is 2. The molecular formula is C18H23N5O2. The first-order valence-electron chi connectivity index (χ1n) is 8.96. The van der Waals surface area contributed by atoms with Gasteiger partial charge in [-0.15, -0.1) is 0 Å². The van der Waals surface area contributed by atoms with Gasteiger partial charge in [-0.25, -0.2) is 0 Å². The van der Waals surface area contributed by atoms with Crippen molar-refractivity contribution >= 4 is 22.7 Å². The smallest absolute Gasteiger partial charge is 0.272 e. The molecule has 4 N–H and O–H groups in total. The molecule has 132 valence electrons. The molecule has 25 heavy (non-hydrogen) atoms. The van der Waals surface area contributed by atoms with Crippen LogP contribution in [0.1, 0.15) is 42.6 Å². The number of carbonyl (C=O) groups is 2. The lowest BCUT2D eigenvalue weighted by Crippen LogP contribution is -2.48. The number of benzene rings is 1. The van der Waals surface area contributed by atoms with Gasteiger partial charge in [0.25, 0.3) is 5.91 Å². The molecule has 0 radical (unpaired) electrons. The van der Waals surface area contributed by atoms with Crippen LogP contribution in [-0.2, 0) is 4.79 Å². The van der Waals surface area contributed by atoms with Crippen molar-refractivity contribution in [1.29, 1.82) is 0 Å². The SMILES string of the molecule is O=C(CCNC(=O)c1n[nH]c2ccccc12)NC1CC2CCC(C1)N2. The number of amides is 2. The van der Waals surface area contributed by atoms with Gasteiger partial charge in [0.15, 0.2) is 5.69 Å². The third-order valence-corrected chi connectivity index (χ3v) is 5.16. The minimum atomic E-state index is -0.259. The van der Waals surface area contributed by atoms with Crippen LogP contribution in [0.15, 0.2) is 24.3 Å². The molecule has 2 unspecified atom stereocenters. The van der Waals surface area contributed by atoms with Crippen LogP contribution in [0.3, 0.4) is 0 Å². The molecular weight excluding hydrogens is 318 g/mol. The monoisotopic (exact) mass is 341 g/mol.